The summed E-state index contributed by atoms with van der Waals surface area (Å²) < 4.78 is 2.01. The number of rotatable bonds is 4. The molecule has 4 nitrogen and oxygen atoms in total. The number of hydrogen-bond acceptors (Lipinski definition) is 3. The molecule has 1 aromatic carbocycles. The van der Waals surface area contributed by atoms with Crippen molar-refractivity contribution in [2.75, 3.05) is 0 Å². The predicted molar refractivity (Wildman–Crippen MR) is 88.9 cm³/mol. The van der Waals surface area contributed by atoms with Crippen LogP contribution in [0.3, 0.4) is 0 Å². The number of pyridine rings is 1. The van der Waals surface area contributed by atoms with E-state index < -0.39 is 0 Å². The summed E-state index contributed by atoms with van der Waals surface area (Å²) in [7, 11) is 0. The lowest BCUT2D eigenvalue weighted by atomic mass is 10.1. The van der Waals surface area contributed by atoms with Crippen LogP contribution in [-0.2, 0) is 13.1 Å². The van der Waals surface area contributed by atoms with Gasteiger partial charge in [0.25, 0.3) is 0 Å². The first-order chi connectivity index (χ1) is 10.7. The van der Waals surface area contributed by atoms with E-state index in [0.29, 0.717) is 23.1 Å². The zero-order chi connectivity index (χ0) is 15.5. The third kappa shape index (κ3) is 2.99. The molecule has 112 valence electrons. The molecule has 0 saturated carbocycles. The number of imidazole rings is 1. The van der Waals surface area contributed by atoms with E-state index >= 15 is 0 Å². The molecule has 0 spiro atoms. The molecular formula is C16H14Cl2N4. The van der Waals surface area contributed by atoms with Gasteiger partial charge >= 0.3 is 0 Å². The van der Waals surface area contributed by atoms with Crippen LogP contribution in [0.1, 0.15) is 11.3 Å². The van der Waals surface area contributed by atoms with Gasteiger partial charge in [0.15, 0.2) is 0 Å². The lowest BCUT2D eigenvalue weighted by Crippen LogP contribution is -2.08. The van der Waals surface area contributed by atoms with E-state index in [0.717, 1.165) is 22.5 Å². The van der Waals surface area contributed by atoms with Gasteiger partial charge in [0.1, 0.15) is 0 Å². The van der Waals surface area contributed by atoms with Gasteiger partial charge in [0, 0.05) is 29.5 Å². The Bertz CT molecular complexity index is 784. The molecule has 0 bridgehead atoms. The van der Waals surface area contributed by atoms with Crippen LogP contribution in [0.15, 0.2) is 49.1 Å². The summed E-state index contributed by atoms with van der Waals surface area (Å²) in [5.41, 5.74) is 9.55. The Morgan fingerprint density at radius 3 is 2.73 bits per heavy atom. The van der Waals surface area contributed by atoms with Crippen LogP contribution in [0.5, 0.6) is 0 Å². The summed E-state index contributed by atoms with van der Waals surface area (Å²) in [6.07, 6.45) is 5.35. The van der Waals surface area contributed by atoms with Gasteiger partial charge in [-0.25, -0.2) is 4.98 Å². The van der Waals surface area contributed by atoms with Gasteiger partial charge in [-0.2, -0.15) is 0 Å². The second kappa shape index (κ2) is 6.48. The molecule has 0 aliphatic carbocycles. The average molecular weight is 333 g/mol. The SMILES string of the molecule is NCc1c(-c2ccc(Cl)cc2Cl)ncn1Cc1cccnc1. The van der Waals surface area contributed by atoms with E-state index in [-0.39, 0.29) is 0 Å². The Morgan fingerprint density at radius 2 is 2.05 bits per heavy atom. The number of nitrogens with two attached hydrogens (primary N) is 1. The van der Waals surface area contributed by atoms with Crippen molar-refractivity contribution in [3.05, 3.63) is 70.4 Å². The molecule has 0 unspecified atom stereocenters. The van der Waals surface area contributed by atoms with Gasteiger partial charge in [-0.05, 0) is 29.8 Å². The molecule has 6 heteroatoms. The summed E-state index contributed by atoms with van der Waals surface area (Å²) in [4.78, 5) is 8.60. The van der Waals surface area contributed by atoms with Gasteiger partial charge in [-0.15, -0.1) is 0 Å². The van der Waals surface area contributed by atoms with Crippen LogP contribution in [0.2, 0.25) is 10.0 Å². The zero-order valence-electron chi connectivity index (χ0n) is 11.7. The molecule has 0 amide bonds. The van der Waals surface area contributed by atoms with E-state index in [1.165, 1.54) is 0 Å². The molecule has 2 N–H and O–H groups in total. The van der Waals surface area contributed by atoms with E-state index in [9.17, 15) is 0 Å². The highest BCUT2D eigenvalue weighted by Gasteiger charge is 2.14. The van der Waals surface area contributed by atoms with Gasteiger partial charge in [-0.3, -0.25) is 4.98 Å². The largest absolute Gasteiger partial charge is 0.328 e. The quantitative estimate of drug-likeness (QED) is 0.791. The Hall–Kier alpha value is -1.88. The molecule has 0 aliphatic rings. The first kappa shape index (κ1) is 15.0. The first-order valence-electron chi connectivity index (χ1n) is 6.77. The van der Waals surface area contributed by atoms with Crippen molar-refractivity contribution in [3.8, 4) is 11.3 Å². The van der Waals surface area contributed by atoms with Gasteiger partial charge in [-0.1, -0.05) is 29.3 Å². The highest BCUT2D eigenvalue weighted by Crippen LogP contribution is 2.31. The first-order valence-corrected chi connectivity index (χ1v) is 7.53. The number of aromatic nitrogens is 3. The molecule has 2 heterocycles. The van der Waals surface area contributed by atoms with Crippen molar-refractivity contribution in [1.82, 2.24) is 14.5 Å². The fraction of sp³-hybridized carbons (Fsp3) is 0.125. The molecular weight excluding hydrogens is 319 g/mol. The minimum Gasteiger partial charge on any atom is -0.328 e. The molecule has 22 heavy (non-hydrogen) atoms. The second-order valence-corrected chi connectivity index (χ2v) is 5.70. The maximum atomic E-state index is 6.28. The second-order valence-electron chi connectivity index (χ2n) is 4.86. The van der Waals surface area contributed by atoms with Crippen LogP contribution >= 0.6 is 23.2 Å². The number of benzene rings is 1. The monoisotopic (exact) mass is 332 g/mol. The van der Waals surface area contributed by atoms with Crippen LogP contribution in [0.4, 0.5) is 0 Å². The summed E-state index contributed by atoms with van der Waals surface area (Å²) in [6, 6.07) is 9.29. The molecule has 0 atom stereocenters. The maximum absolute atomic E-state index is 6.28. The summed E-state index contributed by atoms with van der Waals surface area (Å²) in [5, 5.41) is 1.16. The highest BCUT2D eigenvalue weighted by molar-refractivity contribution is 6.36. The highest BCUT2D eigenvalue weighted by atomic mass is 35.5. The fourth-order valence-corrected chi connectivity index (χ4v) is 2.85. The Kier molecular flexibility index (Phi) is 4.43. The Balaban J connectivity index is 2.00. The van der Waals surface area contributed by atoms with Crippen molar-refractivity contribution in [1.29, 1.82) is 0 Å². The number of halogens is 2. The maximum Gasteiger partial charge on any atom is 0.0959 e. The van der Waals surface area contributed by atoms with Crippen LogP contribution in [0, 0.1) is 0 Å². The summed E-state index contributed by atoms with van der Waals surface area (Å²) in [5.74, 6) is 0. The van der Waals surface area contributed by atoms with Crippen molar-refractivity contribution < 1.29 is 0 Å². The summed E-state index contributed by atoms with van der Waals surface area (Å²) in [6.45, 7) is 1.03. The van der Waals surface area contributed by atoms with Crippen molar-refractivity contribution in [2.45, 2.75) is 13.1 Å². The fourth-order valence-electron chi connectivity index (χ4n) is 2.35. The average Bonchev–Trinajstić information content (AvgIpc) is 2.91. The number of hydrogen-bond donors (Lipinski definition) is 1. The van der Waals surface area contributed by atoms with Crippen LogP contribution in [-0.4, -0.2) is 14.5 Å². The van der Waals surface area contributed by atoms with E-state index in [1.807, 2.05) is 29.0 Å². The van der Waals surface area contributed by atoms with Crippen molar-refractivity contribution >= 4 is 23.2 Å². The lowest BCUT2D eigenvalue weighted by Gasteiger charge is -2.09. The van der Waals surface area contributed by atoms with Crippen molar-refractivity contribution in [3.63, 3.8) is 0 Å². The van der Waals surface area contributed by atoms with Gasteiger partial charge in [0.05, 0.1) is 29.3 Å². The summed E-state index contributed by atoms with van der Waals surface area (Å²) >= 11 is 12.2. The Morgan fingerprint density at radius 1 is 1.18 bits per heavy atom. The van der Waals surface area contributed by atoms with Crippen molar-refractivity contribution in [2.24, 2.45) is 5.73 Å². The van der Waals surface area contributed by atoms with E-state index in [4.69, 9.17) is 28.9 Å². The van der Waals surface area contributed by atoms with Gasteiger partial charge in [0.2, 0.25) is 0 Å². The smallest absolute Gasteiger partial charge is 0.0959 e. The van der Waals surface area contributed by atoms with E-state index in [1.54, 1.807) is 24.7 Å². The molecule has 0 radical (unpaired) electrons. The normalized spacial score (nSPS) is 10.9. The molecule has 0 aliphatic heterocycles. The van der Waals surface area contributed by atoms with Crippen LogP contribution < -0.4 is 5.73 Å². The molecule has 2 aromatic heterocycles. The third-order valence-electron chi connectivity index (χ3n) is 3.40. The standard InChI is InChI=1S/C16H14Cl2N4/c17-12-3-4-13(14(18)6-12)16-15(7-19)22(10-21-16)9-11-2-1-5-20-8-11/h1-6,8,10H,7,9,19H2. The van der Waals surface area contributed by atoms with Gasteiger partial charge < -0.3 is 10.3 Å². The number of nitrogens with zero attached hydrogens (tertiary/aromatic N) is 3. The minimum atomic E-state index is 0.370. The Labute approximate surface area is 138 Å². The predicted octanol–water partition coefficient (Wildman–Crippen LogP) is 3.76. The lowest BCUT2D eigenvalue weighted by molar-refractivity contribution is 0.738. The topological polar surface area (TPSA) is 56.7 Å². The minimum absolute atomic E-state index is 0.370. The third-order valence-corrected chi connectivity index (χ3v) is 3.95. The molecule has 0 saturated heterocycles. The zero-order valence-corrected chi connectivity index (χ0v) is 13.2. The van der Waals surface area contributed by atoms with Crippen LogP contribution in [0.25, 0.3) is 11.3 Å². The van der Waals surface area contributed by atoms with E-state index in [2.05, 4.69) is 9.97 Å². The molecule has 3 rings (SSSR count). The molecule has 3 aromatic rings. The molecule has 0 fully saturated rings.